The van der Waals surface area contributed by atoms with Crippen LogP contribution in [0.1, 0.15) is 29.3 Å². The molecule has 0 radical (unpaired) electrons. The van der Waals surface area contributed by atoms with Gasteiger partial charge in [-0.1, -0.05) is 42.5 Å². The van der Waals surface area contributed by atoms with Gasteiger partial charge in [0.05, 0.1) is 10.2 Å². The van der Waals surface area contributed by atoms with E-state index in [1.165, 1.54) is 10.3 Å². The van der Waals surface area contributed by atoms with Crippen LogP contribution in [-0.2, 0) is 6.54 Å². The minimum absolute atomic E-state index is 0.186. The lowest BCUT2D eigenvalue weighted by atomic mass is 10.2. The van der Waals surface area contributed by atoms with Gasteiger partial charge in [-0.05, 0) is 43.2 Å². The number of hydrogen-bond acceptors (Lipinski definition) is 2. The maximum atomic E-state index is 12.3. The molecule has 112 valence electrons. The Morgan fingerprint density at radius 2 is 1.95 bits per heavy atom. The van der Waals surface area contributed by atoms with Crippen LogP contribution < -0.4 is 4.80 Å². The van der Waals surface area contributed by atoms with Crippen molar-refractivity contribution in [2.24, 2.45) is 4.99 Å². The van der Waals surface area contributed by atoms with Gasteiger partial charge in [-0.2, -0.15) is 4.99 Å². The summed E-state index contributed by atoms with van der Waals surface area (Å²) in [5.74, 6) is -0.186. The highest BCUT2D eigenvalue weighted by molar-refractivity contribution is 7.16. The smallest absolute Gasteiger partial charge is 0.279 e. The third-order valence-electron chi connectivity index (χ3n) is 3.50. The molecule has 1 heterocycles. The first kappa shape index (κ1) is 14.7. The van der Waals surface area contributed by atoms with Gasteiger partial charge in [0.1, 0.15) is 0 Å². The van der Waals surface area contributed by atoms with Crippen LogP contribution in [-0.4, -0.2) is 10.5 Å². The molecule has 0 spiro atoms. The van der Waals surface area contributed by atoms with Gasteiger partial charge in [-0.15, -0.1) is 0 Å². The van der Waals surface area contributed by atoms with Crippen LogP contribution in [0.15, 0.2) is 53.5 Å². The van der Waals surface area contributed by atoms with Crippen LogP contribution in [0, 0.1) is 6.92 Å². The Morgan fingerprint density at radius 1 is 1.18 bits per heavy atom. The molecule has 0 aliphatic carbocycles. The molecular formula is C18H18N2OS. The quantitative estimate of drug-likeness (QED) is 0.715. The molecule has 2 aromatic carbocycles. The summed E-state index contributed by atoms with van der Waals surface area (Å²) in [6, 6.07) is 15.6. The molecule has 0 saturated heterocycles. The Morgan fingerprint density at radius 3 is 2.68 bits per heavy atom. The molecule has 0 bridgehead atoms. The zero-order valence-electron chi connectivity index (χ0n) is 12.7. The van der Waals surface area contributed by atoms with E-state index in [0.717, 1.165) is 23.3 Å². The lowest BCUT2D eigenvalue weighted by Gasteiger charge is -2.02. The summed E-state index contributed by atoms with van der Waals surface area (Å²) in [7, 11) is 0. The van der Waals surface area contributed by atoms with Gasteiger partial charge < -0.3 is 4.57 Å². The highest BCUT2D eigenvalue weighted by atomic mass is 32.1. The van der Waals surface area contributed by atoms with Crippen molar-refractivity contribution in [3.8, 4) is 0 Å². The molecule has 3 aromatic rings. The van der Waals surface area contributed by atoms with Gasteiger partial charge in [0, 0.05) is 12.1 Å². The average molecular weight is 310 g/mol. The lowest BCUT2D eigenvalue weighted by molar-refractivity contribution is 0.0998. The summed E-state index contributed by atoms with van der Waals surface area (Å²) in [5.41, 5.74) is 2.99. The Kier molecular flexibility index (Phi) is 4.20. The molecule has 0 N–H and O–H groups in total. The Bertz CT molecular complexity index is 875. The number of thiazole rings is 1. The summed E-state index contributed by atoms with van der Waals surface area (Å²) in [6.45, 7) is 5.08. The molecule has 22 heavy (non-hydrogen) atoms. The summed E-state index contributed by atoms with van der Waals surface area (Å²) < 4.78 is 3.31. The van der Waals surface area contributed by atoms with Crippen molar-refractivity contribution in [1.29, 1.82) is 0 Å². The topological polar surface area (TPSA) is 34.4 Å². The van der Waals surface area contributed by atoms with E-state index < -0.39 is 0 Å². The van der Waals surface area contributed by atoms with Crippen LogP contribution in [0.2, 0.25) is 0 Å². The van der Waals surface area contributed by atoms with Crippen LogP contribution >= 0.6 is 11.3 Å². The van der Waals surface area contributed by atoms with Crippen LogP contribution in [0.5, 0.6) is 0 Å². The summed E-state index contributed by atoms with van der Waals surface area (Å²) >= 11 is 1.58. The molecule has 0 unspecified atom stereocenters. The van der Waals surface area contributed by atoms with Crippen LogP contribution in [0.3, 0.4) is 0 Å². The average Bonchev–Trinajstić information content (AvgIpc) is 2.85. The molecule has 1 aromatic heterocycles. The molecular weight excluding hydrogens is 292 g/mol. The highest BCUT2D eigenvalue weighted by Gasteiger charge is 2.08. The molecule has 0 atom stereocenters. The van der Waals surface area contributed by atoms with Crippen LogP contribution in [0.4, 0.5) is 0 Å². The standard InChI is InChI=1S/C18H18N2OS/c1-3-11-20-15-10-9-13(2)12-16(15)22-18(20)19-17(21)14-7-5-4-6-8-14/h4-10,12H,3,11H2,1-2H3. The van der Waals surface area contributed by atoms with E-state index in [1.807, 2.05) is 18.2 Å². The van der Waals surface area contributed by atoms with Gasteiger partial charge >= 0.3 is 0 Å². The molecule has 3 rings (SSSR count). The minimum atomic E-state index is -0.186. The second-order valence-corrected chi connectivity index (χ2v) is 6.30. The monoisotopic (exact) mass is 310 g/mol. The van der Waals surface area contributed by atoms with Gasteiger partial charge in [0.25, 0.3) is 5.91 Å². The Labute approximate surface area is 133 Å². The molecule has 0 fully saturated rings. The number of aromatic nitrogens is 1. The first-order valence-electron chi connectivity index (χ1n) is 7.43. The van der Waals surface area contributed by atoms with E-state index in [4.69, 9.17) is 0 Å². The van der Waals surface area contributed by atoms with E-state index in [1.54, 1.807) is 23.5 Å². The van der Waals surface area contributed by atoms with Gasteiger partial charge in [0.2, 0.25) is 0 Å². The van der Waals surface area contributed by atoms with E-state index in [-0.39, 0.29) is 5.91 Å². The number of carbonyl (C=O) groups is 1. The van der Waals surface area contributed by atoms with Crippen molar-refractivity contribution in [2.45, 2.75) is 26.8 Å². The molecule has 1 amide bonds. The number of hydrogen-bond donors (Lipinski definition) is 0. The maximum absolute atomic E-state index is 12.3. The first-order valence-corrected chi connectivity index (χ1v) is 8.25. The SMILES string of the molecule is CCCn1c(=NC(=O)c2ccccc2)sc2cc(C)ccc21. The highest BCUT2D eigenvalue weighted by Crippen LogP contribution is 2.19. The molecule has 0 aliphatic heterocycles. The third-order valence-corrected chi connectivity index (χ3v) is 4.54. The van der Waals surface area contributed by atoms with Crippen molar-refractivity contribution in [2.75, 3.05) is 0 Å². The zero-order valence-corrected chi connectivity index (χ0v) is 13.6. The number of fused-ring (bicyclic) bond motifs is 1. The minimum Gasteiger partial charge on any atom is -0.316 e. The second kappa shape index (κ2) is 6.28. The van der Waals surface area contributed by atoms with E-state index in [2.05, 4.69) is 41.6 Å². The Hall–Kier alpha value is -2.20. The first-order chi connectivity index (χ1) is 10.7. The fourth-order valence-corrected chi connectivity index (χ4v) is 3.59. The number of carbonyl (C=O) groups excluding carboxylic acids is 1. The third kappa shape index (κ3) is 2.88. The predicted molar refractivity (Wildman–Crippen MR) is 91.2 cm³/mol. The van der Waals surface area contributed by atoms with Crippen LogP contribution in [0.25, 0.3) is 10.2 Å². The van der Waals surface area contributed by atoms with E-state index in [0.29, 0.717) is 5.56 Å². The normalized spacial score (nSPS) is 12.0. The number of benzene rings is 2. The number of nitrogens with zero attached hydrogens (tertiary/aromatic N) is 2. The van der Waals surface area contributed by atoms with Gasteiger partial charge in [-0.3, -0.25) is 4.79 Å². The van der Waals surface area contributed by atoms with Crippen molar-refractivity contribution in [3.63, 3.8) is 0 Å². The van der Waals surface area contributed by atoms with Crippen molar-refractivity contribution in [1.82, 2.24) is 4.57 Å². The van der Waals surface area contributed by atoms with E-state index in [9.17, 15) is 4.79 Å². The van der Waals surface area contributed by atoms with E-state index >= 15 is 0 Å². The lowest BCUT2D eigenvalue weighted by Crippen LogP contribution is -2.16. The molecule has 3 nitrogen and oxygen atoms in total. The second-order valence-electron chi connectivity index (χ2n) is 5.29. The van der Waals surface area contributed by atoms with Gasteiger partial charge in [0.15, 0.2) is 4.80 Å². The van der Waals surface area contributed by atoms with Crippen molar-refractivity contribution < 1.29 is 4.79 Å². The zero-order chi connectivity index (χ0) is 15.5. The number of amides is 1. The summed E-state index contributed by atoms with van der Waals surface area (Å²) in [6.07, 6.45) is 1.01. The number of aryl methyl sites for hydroxylation is 2. The Balaban J connectivity index is 2.15. The fourth-order valence-electron chi connectivity index (χ4n) is 2.44. The van der Waals surface area contributed by atoms with Gasteiger partial charge in [-0.25, -0.2) is 0 Å². The largest absolute Gasteiger partial charge is 0.316 e. The maximum Gasteiger partial charge on any atom is 0.279 e. The van der Waals surface area contributed by atoms with Crippen molar-refractivity contribution in [3.05, 3.63) is 64.5 Å². The molecule has 0 aliphatic rings. The fraction of sp³-hybridized carbons (Fsp3) is 0.222. The summed E-state index contributed by atoms with van der Waals surface area (Å²) in [4.78, 5) is 17.5. The predicted octanol–water partition coefficient (Wildman–Crippen LogP) is 4.16. The van der Waals surface area contributed by atoms with Crippen molar-refractivity contribution >= 4 is 27.5 Å². The number of rotatable bonds is 3. The summed E-state index contributed by atoms with van der Waals surface area (Å²) in [5, 5.41) is 0. The molecule has 0 saturated carbocycles. The molecule has 4 heteroatoms.